The van der Waals surface area contributed by atoms with Crippen LogP contribution in [0.4, 0.5) is 0 Å². The van der Waals surface area contributed by atoms with E-state index in [9.17, 15) is 4.79 Å². The van der Waals surface area contributed by atoms with Gasteiger partial charge in [-0.1, -0.05) is 65.6 Å². The van der Waals surface area contributed by atoms with Crippen molar-refractivity contribution in [1.82, 2.24) is 19.5 Å². The van der Waals surface area contributed by atoms with Gasteiger partial charge in [0.1, 0.15) is 9.33 Å². The van der Waals surface area contributed by atoms with E-state index in [4.69, 9.17) is 17.2 Å². The van der Waals surface area contributed by atoms with E-state index in [-0.39, 0.29) is 5.91 Å². The van der Waals surface area contributed by atoms with Crippen LogP contribution in [0.5, 0.6) is 0 Å². The highest BCUT2D eigenvalue weighted by molar-refractivity contribution is 8.26. The summed E-state index contributed by atoms with van der Waals surface area (Å²) in [6, 6.07) is 9.91. The molecule has 0 aliphatic carbocycles. The van der Waals surface area contributed by atoms with Gasteiger partial charge in [-0.25, -0.2) is 9.50 Å². The normalized spacial score (nSPS) is 16.8. The number of imidazole rings is 1. The van der Waals surface area contributed by atoms with Gasteiger partial charge in [-0.2, -0.15) is 5.10 Å². The van der Waals surface area contributed by atoms with Gasteiger partial charge in [-0.15, -0.1) is 0 Å². The molecule has 0 unspecified atom stereocenters. The third kappa shape index (κ3) is 2.47. The SMILES string of the molecule is Cc1nn2c(/C=C3\SC(=S)N(C)C3=O)c(-c3ccccc3)nc2s1. The van der Waals surface area contributed by atoms with E-state index in [1.165, 1.54) is 28.0 Å². The van der Waals surface area contributed by atoms with Crippen LogP contribution in [0, 0.1) is 6.92 Å². The molecule has 4 rings (SSSR count). The van der Waals surface area contributed by atoms with Gasteiger partial charge in [0, 0.05) is 12.6 Å². The Morgan fingerprint density at radius 1 is 1.25 bits per heavy atom. The van der Waals surface area contributed by atoms with Crippen molar-refractivity contribution in [3.05, 3.63) is 45.9 Å². The van der Waals surface area contributed by atoms with Crippen LogP contribution in [0.25, 0.3) is 22.3 Å². The first-order chi connectivity index (χ1) is 11.5. The topological polar surface area (TPSA) is 50.5 Å². The van der Waals surface area contributed by atoms with Gasteiger partial charge in [0.2, 0.25) is 4.96 Å². The minimum Gasteiger partial charge on any atom is -0.296 e. The first kappa shape index (κ1) is 15.5. The number of carbonyl (C=O) groups is 1. The Bertz CT molecular complexity index is 1000. The molecule has 0 bridgehead atoms. The van der Waals surface area contributed by atoms with Gasteiger partial charge in [-0.3, -0.25) is 9.69 Å². The average Bonchev–Trinajstić information content (AvgIpc) is 3.17. The second-order valence-corrected chi connectivity index (χ2v) is 8.10. The standard InChI is InChI=1S/C16H12N4OS3/c1-9-18-20-11(8-12-14(21)19(2)16(22)24-12)13(17-15(20)23-9)10-6-4-3-5-7-10/h3-8H,1-2H3/b12-8-. The fourth-order valence-electron chi connectivity index (χ4n) is 2.47. The summed E-state index contributed by atoms with van der Waals surface area (Å²) >= 11 is 8.04. The van der Waals surface area contributed by atoms with E-state index in [0.717, 1.165) is 26.9 Å². The smallest absolute Gasteiger partial charge is 0.265 e. The van der Waals surface area contributed by atoms with Gasteiger partial charge in [0.05, 0.1) is 16.3 Å². The van der Waals surface area contributed by atoms with Gasteiger partial charge >= 0.3 is 0 Å². The van der Waals surface area contributed by atoms with Crippen molar-refractivity contribution in [2.45, 2.75) is 6.92 Å². The van der Waals surface area contributed by atoms with E-state index in [2.05, 4.69) is 5.10 Å². The highest BCUT2D eigenvalue weighted by atomic mass is 32.2. The highest BCUT2D eigenvalue weighted by Gasteiger charge is 2.30. The molecule has 5 nitrogen and oxygen atoms in total. The number of benzene rings is 1. The van der Waals surface area contributed by atoms with E-state index in [1.807, 2.05) is 43.3 Å². The summed E-state index contributed by atoms with van der Waals surface area (Å²) in [4.78, 5) is 19.9. The van der Waals surface area contributed by atoms with Crippen molar-refractivity contribution >= 4 is 56.6 Å². The summed E-state index contributed by atoms with van der Waals surface area (Å²) in [5.41, 5.74) is 2.61. The fourth-order valence-corrected chi connectivity index (χ4v) is 4.37. The first-order valence-electron chi connectivity index (χ1n) is 7.18. The van der Waals surface area contributed by atoms with Crippen LogP contribution < -0.4 is 0 Å². The van der Waals surface area contributed by atoms with Crippen LogP contribution in [0.1, 0.15) is 10.7 Å². The highest BCUT2D eigenvalue weighted by Crippen LogP contribution is 2.34. The number of thiocarbonyl (C=S) groups is 1. The van der Waals surface area contributed by atoms with Crippen molar-refractivity contribution in [1.29, 1.82) is 0 Å². The second kappa shape index (κ2) is 5.80. The maximum Gasteiger partial charge on any atom is 0.265 e. The van der Waals surface area contributed by atoms with E-state index < -0.39 is 0 Å². The maximum absolute atomic E-state index is 12.3. The zero-order valence-corrected chi connectivity index (χ0v) is 15.3. The summed E-state index contributed by atoms with van der Waals surface area (Å²) < 4.78 is 2.35. The number of likely N-dealkylation sites (N-methyl/N-ethyl adjacent to an activating group) is 1. The zero-order chi connectivity index (χ0) is 16.8. The lowest BCUT2D eigenvalue weighted by Gasteiger charge is -2.03. The number of rotatable bonds is 2. The third-order valence-corrected chi connectivity index (χ3v) is 5.95. The molecule has 3 heterocycles. The zero-order valence-electron chi connectivity index (χ0n) is 12.9. The fraction of sp³-hybridized carbons (Fsp3) is 0.125. The Morgan fingerprint density at radius 2 is 2.00 bits per heavy atom. The lowest BCUT2D eigenvalue weighted by atomic mass is 10.1. The van der Waals surface area contributed by atoms with Crippen LogP contribution in [-0.2, 0) is 4.79 Å². The Labute approximate surface area is 152 Å². The summed E-state index contributed by atoms with van der Waals surface area (Å²) in [5, 5.41) is 5.45. The van der Waals surface area contributed by atoms with Crippen molar-refractivity contribution < 1.29 is 4.79 Å². The Morgan fingerprint density at radius 3 is 2.67 bits per heavy atom. The van der Waals surface area contributed by atoms with E-state index in [1.54, 1.807) is 11.6 Å². The van der Waals surface area contributed by atoms with Crippen molar-refractivity contribution in [3.8, 4) is 11.3 Å². The molecule has 0 N–H and O–H groups in total. The molecule has 1 fully saturated rings. The summed E-state index contributed by atoms with van der Waals surface area (Å²) in [6.45, 7) is 1.94. The van der Waals surface area contributed by atoms with Crippen LogP contribution in [0.15, 0.2) is 35.2 Å². The minimum atomic E-state index is -0.0917. The van der Waals surface area contributed by atoms with Gasteiger partial charge in [-0.05, 0) is 13.0 Å². The molecule has 0 spiro atoms. The molecule has 1 aliphatic rings. The molecule has 1 amide bonds. The van der Waals surface area contributed by atoms with Crippen molar-refractivity contribution in [3.63, 3.8) is 0 Å². The van der Waals surface area contributed by atoms with Crippen LogP contribution in [0.2, 0.25) is 0 Å². The number of hydrogen-bond donors (Lipinski definition) is 0. The molecule has 1 saturated heterocycles. The number of aromatic nitrogens is 3. The second-order valence-electron chi connectivity index (χ2n) is 5.27. The molecule has 3 aromatic rings. The Balaban J connectivity index is 1.93. The molecule has 8 heteroatoms. The van der Waals surface area contributed by atoms with Crippen molar-refractivity contribution in [2.24, 2.45) is 0 Å². The number of nitrogens with zero attached hydrogens (tertiary/aromatic N) is 4. The van der Waals surface area contributed by atoms with Gasteiger partial charge in [0.15, 0.2) is 0 Å². The number of hydrogen-bond acceptors (Lipinski definition) is 6. The monoisotopic (exact) mass is 372 g/mol. The first-order valence-corrected chi connectivity index (χ1v) is 9.22. The molecule has 0 atom stereocenters. The third-order valence-electron chi connectivity index (χ3n) is 3.64. The van der Waals surface area contributed by atoms with Gasteiger partial charge in [0.25, 0.3) is 5.91 Å². The minimum absolute atomic E-state index is 0.0917. The lowest BCUT2D eigenvalue weighted by molar-refractivity contribution is -0.121. The molecular weight excluding hydrogens is 360 g/mol. The molecule has 2 aromatic heterocycles. The quantitative estimate of drug-likeness (QED) is 0.508. The van der Waals surface area contributed by atoms with Crippen LogP contribution in [0.3, 0.4) is 0 Å². The predicted molar refractivity (Wildman–Crippen MR) is 102 cm³/mol. The molecule has 120 valence electrons. The Hall–Kier alpha value is -2.03. The number of amides is 1. The molecule has 1 aliphatic heterocycles. The number of aryl methyl sites for hydroxylation is 1. The average molecular weight is 372 g/mol. The van der Waals surface area contributed by atoms with E-state index in [0.29, 0.717) is 9.23 Å². The largest absolute Gasteiger partial charge is 0.296 e. The van der Waals surface area contributed by atoms with Gasteiger partial charge < -0.3 is 0 Å². The lowest BCUT2D eigenvalue weighted by Crippen LogP contribution is -2.22. The Kier molecular flexibility index (Phi) is 3.75. The maximum atomic E-state index is 12.3. The van der Waals surface area contributed by atoms with Crippen LogP contribution in [-0.4, -0.2) is 36.8 Å². The number of carbonyl (C=O) groups excluding carboxylic acids is 1. The molecule has 0 radical (unpaired) electrons. The molecule has 1 aromatic carbocycles. The molecule has 0 saturated carbocycles. The summed E-state index contributed by atoms with van der Waals surface area (Å²) in [6.07, 6.45) is 1.84. The summed E-state index contributed by atoms with van der Waals surface area (Å²) in [5.74, 6) is -0.0917. The van der Waals surface area contributed by atoms with Crippen molar-refractivity contribution in [2.75, 3.05) is 7.05 Å². The molecular formula is C16H12N4OS3. The number of thioether (sulfide) groups is 1. The van der Waals surface area contributed by atoms with Crippen LogP contribution >= 0.6 is 35.3 Å². The number of fused-ring (bicyclic) bond motifs is 1. The predicted octanol–water partition coefficient (Wildman–Crippen LogP) is 3.60. The van der Waals surface area contributed by atoms with E-state index >= 15 is 0 Å². The summed E-state index contributed by atoms with van der Waals surface area (Å²) in [7, 11) is 1.69. The molecule has 24 heavy (non-hydrogen) atoms.